The molecule has 1 saturated heterocycles. The Hall–Kier alpha value is -1.73. The molecule has 7 heteroatoms. The van der Waals surface area contributed by atoms with E-state index in [4.69, 9.17) is 0 Å². The fourth-order valence-electron chi connectivity index (χ4n) is 2.85. The Morgan fingerprint density at radius 2 is 2.19 bits per heavy atom. The summed E-state index contributed by atoms with van der Waals surface area (Å²) in [7, 11) is -3.13. The van der Waals surface area contributed by atoms with Crippen LogP contribution in [0.5, 0.6) is 0 Å². The van der Waals surface area contributed by atoms with Crippen molar-refractivity contribution in [3.05, 3.63) is 35.8 Å². The molecule has 4 heterocycles. The topological polar surface area (TPSA) is 64.8 Å². The van der Waals surface area contributed by atoms with E-state index in [1.165, 1.54) is 0 Å². The van der Waals surface area contributed by atoms with Crippen LogP contribution in [0.3, 0.4) is 0 Å². The maximum absolute atomic E-state index is 12.4. The predicted molar refractivity (Wildman–Crippen MR) is 82.9 cm³/mol. The number of sulfone groups is 1. The van der Waals surface area contributed by atoms with Crippen molar-refractivity contribution in [2.45, 2.75) is 18.2 Å². The summed E-state index contributed by atoms with van der Waals surface area (Å²) in [5, 5.41) is 1.42. The van der Waals surface area contributed by atoms with Gasteiger partial charge in [-0.15, -0.1) is 11.3 Å². The van der Waals surface area contributed by atoms with E-state index in [-0.39, 0.29) is 5.75 Å². The Balaban J connectivity index is 2.04. The molecule has 0 aliphatic carbocycles. The van der Waals surface area contributed by atoms with Gasteiger partial charge in [-0.2, -0.15) is 0 Å². The van der Waals surface area contributed by atoms with Crippen LogP contribution in [0.15, 0.2) is 35.8 Å². The van der Waals surface area contributed by atoms with E-state index >= 15 is 0 Å². The molecule has 108 valence electrons. The molecule has 1 atom stereocenters. The summed E-state index contributed by atoms with van der Waals surface area (Å²) in [4.78, 5) is 9.94. The molecule has 0 aromatic carbocycles. The van der Waals surface area contributed by atoms with Gasteiger partial charge in [-0.3, -0.25) is 4.57 Å². The van der Waals surface area contributed by atoms with E-state index in [0.717, 1.165) is 10.4 Å². The average molecular weight is 319 g/mol. The Bertz CT molecular complexity index is 898. The second-order valence-electron chi connectivity index (χ2n) is 5.09. The summed E-state index contributed by atoms with van der Waals surface area (Å²) in [6, 6.07) is 7.60. The van der Waals surface area contributed by atoms with Gasteiger partial charge in [-0.05, 0) is 36.4 Å². The number of imidazole rings is 1. The van der Waals surface area contributed by atoms with Gasteiger partial charge in [0.2, 0.25) is 0 Å². The molecule has 1 fully saturated rings. The van der Waals surface area contributed by atoms with Crippen LogP contribution in [0.4, 0.5) is 0 Å². The van der Waals surface area contributed by atoms with Crippen molar-refractivity contribution in [3.8, 4) is 10.7 Å². The van der Waals surface area contributed by atoms with Gasteiger partial charge in [0, 0.05) is 6.20 Å². The average Bonchev–Trinajstić information content (AvgIpc) is 3.15. The van der Waals surface area contributed by atoms with Gasteiger partial charge in [-0.1, -0.05) is 6.07 Å². The monoisotopic (exact) mass is 319 g/mol. The minimum atomic E-state index is -3.13. The first kappa shape index (κ1) is 13.0. The van der Waals surface area contributed by atoms with Crippen molar-refractivity contribution in [3.63, 3.8) is 0 Å². The van der Waals surface area contributed by atoms with Crippen molar-refractivity contribution < 1.29 is 8.42 Å². The molecule has 4 rings (SSSR count). The van der Waals surface area contributed by atoms with Crippen LogP contribution in [-0.2, 0) is 9.84 Å². The molecule has 0 bridgehead atoms. The minimum Gasteiger partial charge on any atom is -0.290 e. The minimum absolute atomic E-state index is 0.244. The fourth-order valence-corrected chi connectivity index (χ4v) is 5.44. The van der Waals surface area contributed by atoms with E-state index in [0.29, 0.717) is 24.3 Å². The third kappa shape index (κ3) is 1.99. The zero-order valence-corrected chi connectivity index (χ0v) is 12.8. The van der Waals surface area contributed by atoms with Crippen molar-refractivity contribution in [2.24, 2.45) is 0 Å². The maximum Gasteiger partial charge on any atom is 0.171 e. The van der Waals surface area contributed by atoms with Crippen molar-refractivity contribution in [2.75, 3.05) is 5.75 Å². The number of hydrogen-bond donors (Lipinski definition) is 0. The van der Waals surface area contributed by atoms with Gasteiger partial charge in [0.15, 0.2) is 21.3 Å². The van der Waals surface area contributed by atoms with Crippen LogP contribution >= 0.6 is 11.3 Å². The fraction of sp³-hybridized carbons (Fsp3) is 0.286. The smallest absolute Gasteiger partial charge is 0.171 e. The predicted octanol–water partition coefficient (Wildman–Crippen LogP) is 2.87. The Morgan fingerprint density at radius 3 is 2.90 bits per heavy atom. The summed E-state index contributed by atoms with van der Waals surface area (Å²) in [6.45, 7) is 0. The standard InChI is InChI=1S/C14H13N3O2S2/c18-21(19)9-3-6-12(21)17-13-10(4-1-7-15-13)16-14(17)11-5-2-8-20-11/h1-2,4-5,7-8,12H,3,6,9H2. The second kappa shape index (κ2) is 4.64. The highest BCUT2D eigenvalue weighted by molar-refractivity contribution is 7.91. The van der Waals surface area contributed by atoms with Crippen molar-refractivity contribution >= 4 is 32.3 Å². The van der Waals surface area contributed by atoms with Crippen LogP contribution in [0.1, 0.15) is 18.2 Å². The van der Waals surface area contributed by atoms with E-state index in [1.54, 1.807) is 17.5 Å². The first-order chi connectivity index (χ1) is 10.2. The van der Waals surface area contributed by atoms with Gasteiger partial charge < -0.3 is 0 Å². The zero-order chi connectivity index (χ0) is 14.4. The molecular formula is C14H13N3O2S2. The van der Waals surface area contributed by atoms with Crippen molar-refractivity contribution in [1.82, 2.24) is 14.5 Å². The normalized spacial score (nSPS) is 21.0. The molecule has 0 amide bonds. The number of hydrogen-bond acceptors (Lipinski definition) is 5. The van der Waals surface area contributed by atoms with E-state index in [1.807, 2.05) is 34.2 Å². The highest BCUT2D eigenvalue weighted by atomic mass is 32.2. The highest BCUT2D eigenvalue weighted by Gasteiger charge is 2.36. The number of rotatable bonds is 2. The highest BCUT2D eigenvalue weighted by Crippen LogP contribution is 2.37. The summed E-state index contributed by atoms with van der Waals surface area (Å²) in [5.41, 5.74) is 1.39. The molecule has 1 aliphatic heterocycles. The summed E-state index contributed by atoms with van der Waals surface area (Å²) in [5.74, 6) is 0.947. The lowest BCUT2D eigenvalue weighted by Crippen LogP contribution is -2.16. The zero-order valence-electron chi connectivity index (χ0n) is 11.1. The van der Waals surface area contributed by atoms with Crippen LogP contribution in [0, 0.1) is 0 Å². The molecule has 1 aliphatic rings. The first-order valence-corrected chi connectivity index (χ1v) is 9.35. The number of pyridine rings is 1. The lowest BCUT2D eigenvalue weighted by Gasteiger charge is -2.14. The molecule has 0 radical (unpaired) electrons. The molecule has 5 nitrogen and oxygen atoms in total. The van der Waals surface area contributed by atoms with Crippen LogP contribution in [-0.4, -0.2) is 28.7 Å². The molecule has 3 aromatic heterocycles. The Kier molecular flexibility index (Phi) is 2.87. The van der Waals surface area contributed by atoms with Crippen LogP contribution in [0.25, 0.3) is 21.9 Å². The van der Waals surface area contributed by atoms with Crippen LogP contribution < -0.4 is 0 Å². The molecule has 0 N–H and O–H groups in total. The molecular weight excluding hydrogens is 306 g/mol. The SMILES string of the molecule is O=S1(=O)CCCC1n1c(-c2cccs2)nc2cccnc21. The van der Waals surface area contributed by atoms with Gasteiger partial charge in [0.25, 0.3) is 0 Å². The van der Waals surface area contributed by atoms with E-state index < -0.39 is 15.2 Å². The molecule has 3 aromatic rings. The Morgan fingerprint density at radius 1 is 1.29 bits per heavy atom. The summed E-state index contributed by atoms with van der Waals surface area (Å²) < 4.78 is 26.5. The van der Waals surface area contributed by atoms with Gasteiger partial charge in [0.05, 0.1) is 10.6 Å². The van der Waals surface area contributed by atoms with E-state index in [9.17, 15) is 8.42 Å². The molecule has 0 spiro atoms. The number of thiophene rings is 1. The molecule has 1 unspecified atom stereocenters. The van der Waals surface area contributed by atoms with Gasteiger partial charge >= 0.3 is 0 Å². The molecule has 21 heavy (non-hydrogen) atoms. The van der Waals surface area contributed by atoms with Crippen LogP contribution in [0.2, 0.25) is 0 Å². The number of nitrogens with zero attached hydrogens (tertiary/aromatic N) is 3. The van der Waals surface area contributed by atoms with Crippen molar-refractivity contribution in [1.29, 1.82) is 0 Å². The first-order valence-electron chi connectivity index (χ1n) is 6.75. The van der Waals surface area contributed by atoms with E-state index in [2.05, 4.69) is 9.97 Å². The summed E-state index contributed by atoms with van der Waals surface area (Å²) >= 11 is 1.56. The third-order valence-corrected chi connectivity index (χ3v) is 6.77. The van der Waals surface area contributed by atoms with Gasteiger partial charge in [0.1, 0.15) is 10.9 Å². The lowest BCUT2D eigenvalue weighted by atomic mass is 10.3. The van der Waals surface area contributed by atoms with Gasteiger partial charge in [-0.25, -0.2) is 18.4 Å². The number of fused-ring (bicyclic) bond motifs is 1. The maximum atomic E-state index is 12.4. The number of aromatic nitrogens is 3. The largest absolute Gasteiger partial charge is 0.290 e. The lowest BCUT2D eigenvalue weighted by molar-refractivity contribution is 0.563. The summed E-state index contributed by atoms with van der Waals surface area (Å²) in [6.07, 6.45) is 3.01. The second-order valence-corrected chi connectivity index (χ2v) is 8.32. The third-order valence-electron chi connectivity index (χ3n) is 3.77. The quantitative estimate of drug-likeness (QED) is 0.728. The Labute approximate surface area is 126 Å². The molecule has 0 saturated carbocycles.